The number of benzene rings is 3. The summed E-state index contributed by atoms with van der Waals surface area (Å²) in [7, 11) is 0. The van der Waals surface area contributed by atoms with Crippen LogP contribution >= 0.6 is 0 Å². The van der Waals surface area contributed by atoms with Gasteiger partial charge >= 0.3 is 12.4 Å². The minimum absolute atomic E-state index is 0.0150. The van der Waals surface area contributed by atoms with Crippen LogP contribution in [0.2, 0.25) is 0 Å². The molecule has 3 heterocycles. The van der Waals surface area contributed by atoms with E-state index in [1.54, 1.807) is 4.90 Å². The Bertz CT molecular complexity index is 1650. The molecule has 274 valence electrons. The third-order valence-electron chi connectivity index (χ3n) is 10.3. The summed E-state index contributed by atoms with van der Waals surface area (Å²) in [5, 5.41) is 0. The van der Waals surface area contributed by atoms with Gasteiger partial charge < -0.3 is 9.80 Å². The van der Waals surface area contributed by atoms with Crippen LogP contribution in [-0.4, -0.2) is 95.4 Å². The summed E-state index contributed by atoms with van der Waals surface area (Å²) in [5.74, 6) is -2.86. The molecule has 2 unspecified atom stereocenters. The van der Waals surface area contributed by atoms with E-state index in [0.29, 0.717) is 44.5 Å². The topological polar surface area (TPSA) is 47.1 Å². The van der Waals surface area contributed by atoms with E-state index < -0.39 is 58.5 Å². The van der Waals surface area contributed by atoms with E-state index in [2.05, 4.69) is 9.80 Å². The maximum atomic E-state index is 13.7. The highest BCUT2D eigenvalue weighted by atomic mass is 19.4. The molecular formula is C37H38F8N4O2. The van der Waals surface area contributed by atoms with Crippen LogP contribution in [0.3, 0.4) is 0 Å². The highest BCUT2D eigenvalue weighted by Gasteiger charge is 2.40. The van der Waals surface area contributed by atoms with Gasteiger partial charge in [0.15, 0.2) is 0 Å². The van der Waals surface area contributed by atoms with Crippen molar-refractivity contribution in [3.05, 3.63) is 106 Å². The quantitative estimate of drug-likeness (QED) is 0.254. The highest BCUT2D eigenvalue weighted by Crippen LogP contribution is 2.37. The number of alkyl halides is 6. The van der Waals surface area contributed by atoms with Crippen molar-refractivity contribution in [3.63, 3.8) is 0 Å². The van der Waals surface area contributed by atoms with Crippen molar-refractivity contribution in [3.8, 4) is 0 Å². The van der Waals surface area contributed by atoms with Crippen molar-refractivity contribution in [2.24, 2.45) is 0 Å². The number of carbonyl (C=O) groups is 2. The lowest BCUT2D eigenvalue weighted by Gasteiger charge is -2.48. The van der Waals surface area contributed by atoms with Gasteiger partial charge in [0.05, 0.1) is 11.1 Å². The van der Waals surface area contributed by atoms with Gasteiger partial charge in [0, 0.05) is 81.1 Å². The molecule has 0 bridgehead atoms. The first-order chi connectivity index (χ1) is 24.2. The van der Waals surface area contributed by atoms with Crippen molar-refractivity contribution >= 4 is 11.8 Å². The van der Waals surface area contributed by atoms with Crippen LogP contribution in [0.5, 0.6) is 0 Å². The summed E-state index contributed by atoms with van der Waals surface area (Å²) in [4.78, 5) is 34.4. The number of rotatable bonds is 6. The zero-order chi connectivity index (χ0) is 36.5. The lowest BCUT2D eigenvalue weighted by molar-refractivity contribution is -0.143. The highest BCUT2D eigenvalue weighted by molar-refractivity contribution is 5.95. The van der Waals surface area contributed by atoms with Gasteiger partial charge in [-0.1, -0.05) is 30.3 Å². The fourth-order valence-electron chi connectivity index (χ4n) is 7.71. The van der Waals surface area contributed by atoms with Gasteiger partial charge in [-0.15, -0.1) is 0 Å². The van der Waals surface area contributed by atoms with Crippen molar-refractivity contribution < 1.29 is 44.7 Å². The first-order valence-corrected chi connectivity index (χ1v) is 17.0. The SMILES string of the molecule is O=C(c1cc(F)cc(F)c1)N1CCC(N2CCN(C3CCN(C(=O)c4cc(C(F)(F)F)cc(C(F)(F)F)c4)C(Cc4ccccc4)C3)CC2)CC1. The van der Waals surface area contributed by atoms with Gasteiger partial charge in [-0.25, -0.2) is 8.78 Å². The van der Waals surface area contributed by atoms with Crippen molar-refractivity contribution in [2.45, 2.75) is 62.6 Å². The number of piperidine rings is 2. The number of piperazine rings is 1. The molecule has 2 atom stereocenters. The minimum atomic E-state index is -5.06. The predicted octanol–water partition coefficient (Wildman–Crippen LogP) is 7.14. The molecule has 3 saturated heterocycles. The average Bonchev–Trinajstić information content (AvgIpc) is 3.10. The third-order valence-corrected chi connectivity index (χ3v) is 10.3. The number of halogens is 8. The first-order valence-electron chi connectivity index (χ1n) is 17.0. The van der Waals surface area contributed by atoms with E-state index in [1.807, 2.05) is 30.3 Å². The standard InChI is InChI=1S/C37H38F8N4O2/c38-29-19-26(20-30(39)22-29)34(50)48-9-6-31(7-10-48)46-12-14-47(15-13-46)32-8-11-49(33(23-32)16-24-4-2-1-3-5-24)35(51)25-17-27(36(40,41)42)21-28(18-25)37(43,44)45/h1-5,17-22,31-33H,6-16,23H2. The number of nitrogens with zero attached hydrogens (tertiary/aromatic N) is 4. The Hall–Kier alpha value is -4.04. The summed E-state index contributed by atoms with van der Waals surface area (Å²) >= 11 is 0. The Labute approximate surface area is 290 Å². The Balaban J connectivity index is 1.10. The lowest BCUT2D eigenvalue weighted by atomic mass is 9.90. The van der Waals surface area contributed by atoms with Crippen molar-refractivity contribution in [1.82, 2.24) is 19.6 Å². The molecule has 2 amide bonds. The molecular weight excluding hydrogens is 684 g/mol. The van der Waals surface area contributed by atoms with Crippen molar-refractivity contribution in [2.75, 3.05) is 45.8 Å². The summed E-state index contributed by atoms with van der Waals surface area (Å²) < 4.78 is 109. The number of amides is 2. The van der Waals surface area contributed by atoms with E-state index in [0.717, 1.165) is 62.8 Å². The van der Waals surface area contributed by atoms with E-state index in [1.165, 1.54) is 4.90 Å². The first kappa shape index (κ1) is 36.7. The molecule has 6 rings (SSSR count). The molecule has 3 aliphatic heterocycles. The zero-order valence-electron chi connectivity index (χ0n) is 27.7. The maximum absolute atomic E-state index is 13.7. The molecule has 0 saturated carbocycles. The maximum Gasteiger partial charge on any atom is 0.416 e. The largest absolute Gasteiger partial charge is 0.416 e. The zero-order valence-corrected chi connectivity index (χ0v) is 27.7. The fraction of sp³-hybridized carbons (Fsp3) is 0.459. The molecule has 3 aromatic rings. The van der Waals surface area contributed by atoms with Crippen LogP contribution in [-0.2, 0) is 18.8 Å². The third kappa shape index (κ3) is 8.71. The van der Waals surface area contributed by atoms with Gasteiger partial charge in [0.25, 0.3) is 11.8 Å². The molecule has 3 fully saturated rings. The second kappa shape index (κ2) is 14.9. The average molecular weight is 723 g/mol. The summed E-state index contributed by atoms with van der Waals surface area (Å²) in [6, 6.07) is 13.0. The van der Waals surface area contributed by atoms with Crippen molar-refractivity contribution in [1.29, 1.82) is 0 Å². The second-order valence-corrected chi connectivity index (χ2v) is 13.6. The number of hydrogen-bond acceptors (Lipinski definition) is 4. The molecule has 0 spiro atoms. The molecule has 3 aliphatic rings. The molecule has 14 heteroatoms. The molecule has 0 N–H and O–H groups in total. The van der Waals surface area contributed by atoms with Crippen LogP contribution in [0, 0.1) is 11.6 Å². The van der Waals surface area contributed by atoms with Crippen LogP contribution < -0.4 is 0 Å². The monoisotopic (exact) mass is 722 g/mol. The normalized spacial score (nSPS) is 21.6. The smallest absolute Gasteiger partial charge is 0.339 e. The van der Waals surface area contributed by atoms with Gasteiger partial charge in [0.2, 0.25) is 0 Å². The predicted molar refractivity (Wildman–Crippen MR) is 173 cm³/mol. The number of carbonyl (C=O) groups excluding carboxylic acids is 2. The number of likely N-dealkylation sites (tertiary alicyclic amines) is 2. The van der Waals surface area contributed by atoms with Gasteiger partial charge in [0.1, 0.15) is 11.6 Å². The van der Waals surface area contributed by atoms with Gasteiger partial charge in [-0.2, -0.15) is 26.3 Å². The van der Waals surface area contributed by atoms with E-state index in [4.69, 9.17) is 0 Å². The van der Waals surface area contributed by atoms with Gasteiger partial charge in [-0.05, 0) is 68.0 Å². The molecule has 0 aromatic heterocycles. The van der Waals surface area contributed by atoms with Gasteiger partial charge in [-0.3, -0.25) is 19.4 Å². The van der Waals surface area contributed by atoms with E-state index >= 15 is 0 Å². The van der Waals surface area contributed by atoms with E-state index in [9.17, 15) is 44.7 Å². The molecule has 0 radical (unpaired) electrons. The van der Waals surface area contributed by atoms with Crippen LogP contribution in [0.4, 0.5) is 35.1 Å². The Morgan fingerprint density at radius 3 is 1.67 bits per heavy atom. The summed E-state index contributed by atoms with van der Waals surface area (Å²) in [5.41, 5.74) is -2.80. The Morgan fingerprint density at radius 1 is 0.608 bits per heavy atom. The lowest BCUT2D eigenvalue weighted by Crippen LogP contribution is -2.58. The summed E-state index contributed by atoms with van der Waals surface area (Å²) in [6.07, 6.45) is -7.27. The van der Waals surface area contributed by atoms with Crippen LogP contribution in [0.15, 0.2) is 66.7 Å². The minimum Gasteiger partial charge on any atom is -0.339 e. The van der Waals surface area contributed by atoms with Crippen LogP contribution in [0.1, 0.15) is 63.1 Å². The summed E-state index contributed by atoms with van der Waals surface area (Å²) in [6.45, 7) is 4.11. The Kier molecular flexibility index (Phi) is 10.7. The second-order valence-electron chi connectivity index (χ2n) is 13.6. The molecule has 51 heavy (non-hydrogen) atoms. The Morgan fingerprint density at radius 2 is 1.12 bits per heavy atom. The molecule has 6 nitrogen and oxygen atoms in total. The van der Waals surface area contributed by atoms with E-state index in [-0.39, 0.29) is 30.3 Å². The van der Waals surface area contributed by atoms with Crippen LogP contribution in [0.25, 0.3) is 0 Å². The fourth-order valence-corrected chi connectivity index (χ4v) is 7.71. The molecule has 0 aliphatic carbocycles. The molecule has 3 aromatic carbocycles. The number of hydrogen-bond donors (Lipinski definition) is 0.